The first-order valence-corrected chi connectivity index (χ1v) is 6.63. The minimum absolute atomic E-state index is 0.0708. The number of hydrogen-bond donors (Lipinski definition) is 1. The van der Waals surface area contributed by atoms with Crippen LogP contribution in [0.15, 0.2) is 29.5 Å². The molecule has 1 aliphatic heterocycles. The Morgan fingerprint density at radius 1 is 1.37 bits per heavy atom. The number of allylic oxidation sites excluding steroid dienone is 2. The molecule has 1 heterocycles. The Hall–Kier alpha value is -1.32. The summed E-state index contributed by atoms with van der Waals surface area (Å²) in [6.07, 6.45) is 0.201. The van der Waals surface area contributed by atoms with E-state index in [0.717, 1.165) is 0 Å². The number of halogens is 2. The highest BCUT2D eigenvalue weighted by molar-refractivity contribution is 6.42. The van der Waals surface area contributed by atoms with Crippen molar-refractivity contribution < 1.29 is 9.59 Å². The van der Waals surface area contributed by atoms with Gasteiger partial charge in [-0.05, 0) is 25.5 Å². The van der Waals surface area contributed by atoms with Crippen LogP contribution in [0, 0.1) is 0 Å². The largest absolute Gasteiger partial charge is 0.330 e. The van der Waals surface area contributed by atoms with Gasteiger partial charge in [0.1, 0.15) is 0 Å². The van der Waals surface area contributed by atoms with E-state index in [2.05, 4.69) is 5.32 Å². The fourth-order valence-electron chi connectivity index (χ4n) is 2.44. The summed E-state index contributed by atoms with van der Waals surface area (Å²) in [5.41, 5.74) is 1.89. The lowest BCUT2D eigenvalue weighted by atomic mass is 9.83. The zero-order valence-corrected chi connectivity index (χ0v) is 12.1. The van der Waals surface area contributed by atoms with Crippen molar-refractivity contribution in [2.45, 2.75) is 26.2 Å². The molecule has 0 aliphatic carbocycles. The number of rotatable bonds is 2. The number of carbonyl (C=O) groups excluding carboxylic acids is 2. The van der Waals surface area contributed by atoms with Crippen LogP contribution in [0.25, 0.3) is 0 Å². The van der Waals surface area contributed by atoms with E-state index >= 15 is 0 Å². The van der Waals surface area contributed by atoms with E-state index in [-0.39, 0.29) is 24.0 Å². The summed E-state index contributed by atoms with van der Waals surface area (Å²) in [5, 5.41) is 3.51. The first-order chi connectivity index (χ1) is 8.91. The summed E-state index contributed by atoms with van der Waals surface area (Å²) in [6, 6.07) is 5.25. The van der Waals surface area contributed by atoms with Gasteiger partial charge < -0.3 is 5.32 Å². The van der Waals surface area contributed by atoms with Crippen LogP contribution in [0.4, 0.5) is 0 Å². The predicted molar refractivity (Wildman–Crippen MR) is 75.3 cm³/mol. The monoisotopic (exact) mass is 297 g/mol. The second-order valence-electron chi connectivity index (χ2n) is 4.54. The van der Waals surface area contributed by atoms with Crippen molar-refractivity contribution in [3.63, 3.8) is 0 Å². The minimum atomic E-state index is -0.336. The predicted octanol–water partition coefficient (Wildman–Crippen LogP) is 3.46. The van der Waals surface area contributed by atoms with Crippen LogP contribution in [0.5, 0.6) is 0 Å². The molecule has 1 unspecified atom stereocenters. The molecule has 2 rings (SSSR count). The molecule has 0 saturated carbocycles. The van der Waals surface area contributed by atoms with Crippen molar-refractivity contribution >= 4 is 34.9 Å². The Labute approximate surface area is 121 Å². The number of amides is 1. The van der Waals surface area contributed by atoms with E-state index < -0.39 is 0 Å². The van der Waals surface area contributed by atoms with Crippen molar-refractivity contribution in [1.82, 2.24) is 5.32 Å². The van der Waals surface area contributed by atoms with Gasteiger partial charge in [-0.2, -0.15) is 0 Å². The third-order valence-electron chi connectivity index (χ3n) is 3.21. The Morgan fingerprint density at radius 2 is 2.05 bits per heavy atom. The number of ketones is 1. The number of hydrogen-bond acceptors (Lipinski definition) is 2. The van der Waals surface area contributed by atoms with E-state index in [1.165, 1.54) is 6.92 Å². The lowest BCUT2D eigenvalue weighted by Crippen LogP contribution is -2.33. The van der Waals surface area contributed by atoms with Crippen molar-refractivity contribution in [3.05, 3.63) is 45.1 Å². The number of benzene rings is 1. The van der Waals surface area contributed by atoms with Crippen molar-refractivity contribution in [1.29, 1.82) is 0 Å². The van der Waals surface area contributed by atoms with Crippen molar-refractivity contribution in [2.24, 2.45) is 0 Å². The Balaban J connectivity index is 2.58. The molecule has 100 valence electrons. The van der Waals surface area contributed by atoms with E-state index in [4.69, 9.17) is 23.2 Å². The number of Topliss-reactive ketones (excluding diaryl/α,β-unsaturated/α-hetero) is 1. The maximum absolute atomic E-state index is 11.8. The molecule has 3 nitrogen and oxygen atoms in total. The molecular formula is C14H13Cl2NO2. The zero-order chi connectivity index (χ0) is 14.2. The van der Waals surface area contributed by atoms with Crippen LogP contribution >= 0.6 is 23.2 Å². The van der Waals surface area contributed by atoms with Gasteiger partial charge in [0.25, 0.3) is 0 Å². The molecule has 1 aliphatic rings. The van der Waals surface area contributed by atoms with Gasteiger partial charge in [0.05, 0.1) is 10.0 Å². The third kappa shape index (κ3) is 2.67. The first kappa shape index (κ1) is 14.1. The normalized spacial score (nSPS) is 19.4. The highest BCUT2D eigenvalue weighted by Gasteiger charge is 2.31. The molecule has 19 heavy (non-hydrogen) atoms. The van der Waals surface area contributed by atoms with E-state index in [1.807, 2.05) is 0 Å². The molecule has 5 heteroatoms. The highest BCUT2D eigenvalue weighted by atomic mass is 35.5. The Bertz CT molecular complexity index is 593. The minimum Gasteiger partial charge on any atom is -0.330 e. The molecule has 1 amide bonds. The number of carbonyl (C=O) groups is 2. The van der Waals surface area contributed by atoms with Crippen molar-refractivity contribution in [2.75, 3.05) is 0 Å². The van der Waals surface area contributed by atoms with Gasteiger partial charge in [-0.3, -0.25) is 9.59 Å². The van der Waals surface area contributed by atoms with Crippen LogP contribution in [0.3, 0.4) is 0 Å². The van der Waals surface area contributed by atoms with E-state index in [0.29, 0.717) is 26.9 Å². The maximum atomic E-state index is 11.8. The molecule has 1 atom stereocenters. The van der Waals surface area contributed by atoms with Crippen molar-refractivity contribution in [3.8, 4) is 0 Å². The molecule has 0 bridgehead atoms. The molecular weight excluding hydrogens is 285 g/mol. The summed E-state index contributed by atoms with van der Waals surface area (Å²) >= 11 is 12.2. The fourth-order valence-corrected chi connectivity index (χ4v) is 2.88. The summed E-state index contributed by atoms with van der Waals surface area (Å²) in [6.45, 7) is 3.21. The van der Waals surface area contributed by atoms with Crippen LogP contribution < -0.4 is 5.32 Å². The van der Waals surface area contributed by atoms with Crippen LogP contribution in [0.2, 0.25) is 10.0 Å². The molecule has 1 aromatic carbocycles. The van der Waals surface area contributed by atoms with Crippen LogP contribution in [0.1, 0.15) is 31.7 Å². The number of nitrogens with one attached hydrogen (secondary N) is 1. The second kappa shape index (κ2) is 5.35. The quantitative estimate of drug-likeness (QED) is 0.909. The molecule has 0 aromatic heterocycles. The third-order valence-corrected chi connectivity index (χ3v) is 4.04. The molecule has 0 radical (unpaired) electrons. The van der Waals surface area contributed by atoms with Gasteiger partial charge in [0, 0.05) is 23.6 Å². The smallest absolute Gasteiger partial charge is 0.225 e. The zero-order valence-electron chi connectivity index (χ0n) is 10.6. The molecule has 1 N–H and O–H groups in total. The van der Waals surface area contributed by atoms with Gasteiger partial charge in [0.15, 0.2) is 5.78 Å². The SMILES string of the molecule is CC(=O)C1=C(C)NC(=O)CC1c1cccc(Cl)c1Cl. The van der Waals surface area contributed by atoms with Gasteiger partial charge in [0.2, 0.25) is 5.91 Å². The van der Waals surface area contributed by atoms with Gasteiger partial charge in [-0.15, -0.1) is 0 Å². The van der Waals surface area contributed by atoms with Gasteiger partial charge in [-0.1, -0.05) is 35.3 Å². The Morgan fingerprint density at radius 3 is 2.68 bits per heavy atom. The molecule has 0 saturated heterocycles. The highest BCUT2D eigenvalue weighted by Crippen LogP contribution is 2.39. The van der Waals surface area contributed by atoms with Crippen LogP contribution in [-0.4, -0.2) is 11.7 Å². The summed E-state index contributed by atoms with van der Waals surface area (Å²) < 4.78 is 0. The second-order valence-corrected chi connectivity index (χ2v) is 5.33. The first-order valence-electron chi connectivity index (χ1n) is 5.87. The van der Waals surface area contributed by atoms with E-state index in [1.54, 1.807) is 25.1 Å². The lowest BCUT2D eigenvalue weighted by molar-refractivity contribution is -0.121. The summed E-state index contributed by atoms with van der Waals surface area (Å²) in [4.78, 5) is 23.5. The average molecular weight is 298 g/mol. The summed E-state index contributed by atoms with van der Waals surface area (Å²) in [5.74, 6) is -0.528. The molecule has 0 spiro atoms. The van der Waals surface area contributed by atoms with Crippen LogP contribution in [-0.2, 0) is 9.59 Å². The molecule has 1 aromatic rings. The van der Waals surface area contributed by atoms with E-state index in [9.17, 15) is 9.59 Å². The summed E-state index contributed by atoms with van der Waals surface area (Å²) in [7, 11) is 0. The molecule has 0 fully saturated rings. The standard InChI is InChI=1S/C14H13Cl2NO2/c1-7-13(8(2)18)10(6-12(19)17-7)9-4-3-5-11(15)14(9)16/h3-5,10H,6H2,1-2H3,(H,17,19). The lowest BCUT2D eigenvalue weighted by Gasteiger charge is -2.27. The average Bonchev–Trinajstić information content (AvgIpc) is 2.31. The Kier molecular flexibility index (Phi) is 3.97. The fraction of sp³-hybridized carbons (Fsp3) is 0.286. The topological polar surface area (TPSA) is 46.2 Å². The van der Waals surface area contributed by atoms with Gasteiger partial charge in [-0.25, -0.2) is 0 Å². The maximum Gasteiger partial charge on any atom is 0.225 e. The van der Waals surface area contributed by atoms with Gasteiger partial charge >= 0.3 is 0 Å².